The van der Waals surface area contributed by atoms with Crippen LogP contribution in [0.2, 0.25) is 5.02 Å². The van der Waals surface area contributed by atoms with E-state index in [0.717, 1.165) is 5.39 Å². The van der Waals surface area contributed by atoms with Crippen molar-refractivity contribution in [2.45, 2.75) is 6.54 Å². The number of halogens is 2. The molecule has 0 fully saturated rings. The number of para-hydroxylation sites is 1. The normalized spacial score (nSPS) is 10.9. The smallest absolute Gasteiger partial charge is 0.254 e. The van der Waals surface area contributed by atoms with Gasteiger partial charge in [0.2, 0.25) is 0 Å². The number of rotatable bonds is 4. The highest BCUT2D eigenvalue weighted by Gasteiger charge is 2.20. The number of carbonyl (C=O) groups is 1. The average Bonchev–Trinajstić information content (AvgIpc) is 2.75. The van der Waals surface area contributed by atoms with Crippen LogP contribution in [0.4, 0.5) is 4.39 Å². The summed E-state index contributed by atoms with van der Waals surface area (Å²) in [6.07, 6.45) is 1.68. The van der Waals surface area contributed by atoms with Crippen molar-refractivity contribution in [3.05, 3.63) is 94.9 Å². The number of amides is 1. The number of pyridine rings is 2. The molecule has 2 aromatic carbocycles. The van der Waals surface area contributed by atoms with Gasteiger partial charge in [-0.1, -0.05) is 41.9 Å². The first kappa shape index (κ1) is 19.0. The van der Waals surface area contributed by atoms with E-state index in [4.69, 9.17) is 11.6 Å². The number of benzene rings is 2. The van der Waals surface area contributed by atoms with E-state index in [2.05, 4.69) is 9.97 Å². The van der Waals surface area contributed by atoms with Gasteiger partial charge in [-0.05, 0) is 36.4 Å². The van der Waals surface area contributed by atoms with Crippen molar-refractivity contribution in [3.63, 3.8) is 0 Å². The summed E-state index contributed by atoms with van der Waals surface area (Å²) >= 11 is 6.13. The fourth-order valence-electron chi connectivity index (χ4n) is 3.20. The van der Waals surface area contributed by atoms with Gasteiger partial charge in [-0.15, -0.1) is 0 Å². The van der Waals surface area contributed by atoms with Gasteiger partial charge in [0.1, 0.15) is 5.82 Å². The molecule has 0 N–H and O–H groups in total. The number of carbonyl (C=O) groups excluding carboxylic acids is 1. The molecule has 4 aromatic rings. The van der Waals surface area contributed by atoms with Gasteiger partial charge in [-0.25, -0.2) is 9.37 Å². The summed E-state index contributed by atoms with van der Waals surface area (Å²) < 4.78 is 14.2. The Kier molecular flexibility index (Phi) is 5.23. The fraction of sp³-hybridized carbons (Fsp3) is 0.0870. The molecule has 2 heterocycles. The standard InChI is InChI=1S/C23H17ClFN3O/c1-28(14-17-18(24)8-6-9-19(17)25)23(29)16-13-22(21-11-4-5-12-26-21)27-20-10-3-2-7-15(16)20/h2-13H,14H2,1H3. The second-order valence-corrected chi connectivity index (χ2v) is 7.06. The Morgan fingerprint density at radius 2 is 1.83 bits per heavy atom. The molecule has 1 amide bonds. The Morgan fingerprint density at radius 3 is 2.59 bits per heavy atom. The number of fused-ring (bicyclic) bond motifs is 1. The van der Waals surface area contributed by atoms with E-state index in [-0.39, 0.29) is 18.0 Å². The molecule has 0 atom stereocenters. The SMILES string of the molecule is CN(Cc1c(F)cccc1Cl)C(=O)c1cc(-c2ccccn2)nc2ccccc12. The fourth-order valence-corrected chi connectivity index (χ4v) is 3.42. The van der Waals surface area contributed by atoms with Crippen LogP contribution in [0.5, 0.6) is 0 Å². The minimum atomic E-state index is -0.439. The molecule has 4 nitrogen and oxygen atoms in total. The first-order valence-electron chi connectivity index (χ1n) is 9.04. The van der Waals surface area contributed by atoms with E-state index in [0.29, 0.717) is 27.5 Å². The molecule has 0 bridgehead atoms. The van der Waals surface area contributed by atoms with Crippen LogP contribution in [0, 0.1) is 5.82 Å². The minimum Gasteiger partial charge on any atom is -0.337 e. The van der Waals surface area contributed by atoms with Crippen molar-refractivity contribution < 1.29 is 9.18 Å². The molecule has 29 heavy (non-hydrogen) atoms. The predicted molar refractivity (Wildman–Crippen MR) is 112 cm³/mol. The van der Waals surface area contributed by atoms with Crippen LogP contribution in [0.1, 0.15) is 15.9 Å². The maximum Gasteiger partial charge on any atom is 0.254 e. The third kappa shape index (κ3) is 3.82. The molecule has 4 rings (SSSR count). The molecule has 2 aromatic heterocycles. The zero-order chi connectivity index (χ0) is 20.4. The molecule has 0 aliphatic rings. The highest BCUT2D eigenvalue weighted by Crippen LogP contribution is 2.26. The lowest BCUT2D eigenvalue weighted by atomic mass is 10.0. The Morgan fingerprint density at radius 1 is 1.03 bits per heavy atom. The van der Waals surface area contributed by atoms with E-state index in [1.807, 2.05) is 42.5 Å². The summed E-state index contributed by atoms with van der Waals surface area (Å²) in [7, 11) is 1.63. The Hall–Kier alpha value is -3.31. The zero-order valence-electron chi connectivity index (χ0n) is 15.6. The van der Waals surface area contributed by atoms with Crippen molar-refractivity contribution >= 4 is 28.4 Å². The zero-order valence-corrected chi connectivity index (χ0v) is 16.4. The van der Waals surface area contributed by atoms with Crippen LogP contribution in [-0.2, 0) is 6.54 Å². The van der Waals surface area contributed by atoms with Crippen LogP contribution >= 0.6 is 11.6 Å². The summed E-state index contributed by atoms with van der Waals surface area (Å²) in [6, 6.07) is 19.2. The molecular weight excluding hydrogens is 389 g/mol. The Labute approximate surface area is 172 Å². The lowest BCUT2D eigenvalue weighted by Gasteiger charge is -2.20. The maximum atomic E-state index is 14.2. The van der Waals surface area contributed by atoms with Crippen LogP contribution in [0.3, 0.4) is 0 Å². The molecule has 0 aliphatic carbocycles. The van der Waals surface area contributed by atoms with Gasteiger partial charge in [-0.2, -0.15) is 0 Å². The van der Waals surface area contributed by atoms with Crippen molar-refractivity contribution in [2.75, 3.05) is 7.05 Å². The second kappa shape index (κ2) is 7.97. The molecule has 0 unspecified atom stereocenters. The number of hydrogen-bond donors (Lipinski definition) is 0. The number of aromatic nitrogens is 2. The lowest BCUT2D eigenvalue weighted by molar-refractivity contribution is 0.0786. The number of hydrogen-bond acceptors (Lipinski definition) is 3. The molecule has 0 aliphatic heterocycles. The molecule has 0 saturated heterocycles. The Balaban J connectivity index is 1.77. The van der Waals surface area contributed by atoms with E-state index in [1.165, 1.54) is 11.0 Å². The Bertz CT molecular complexity index is 1180. The van der Waals surface area contributed by atoms with E-state index < -0.39 is 5.82 Å². The van der Waals surface area contributed by atoms with E-state index >= 15 is 0 Å². The third-order valence-corrected chi connectivity index (χ3v) is 5.03. The molecule has 0 saturated carbocycles. The lowest BCUT2D eigenvalue weighted by Crippen LogP contribution is -2.27. The van der Waals surface area contributed by atoms with E-state index in [9.17, 15) is 9.18 Å². The molecule has 6 heteroatoms. The maximum absolute atomic E-state index is 14.2. The van der Waals surface area contributed by atoms with Gasteiger partial charge in [-0.3, -0.25) is 9.78 Å². The third-order valence-electron chi connectivity index (χ3n) is 4.68. The molecule has 144 valence electrons. The van der Waals surface area contributed by atoms with Crippen LogP contribution in [0.25, 0.3) is 22.3 Å². The summed E-state index contributed by atoms with van der Waals surface area (Å²) in [6.45, 7) is 0.0555. The summed E-state index contributed by atoms with van der Waals surface area (Å²) in [5.41, 5.74) is 2.73. The molecule has 0 spiro atoms. The second-order valence-electron chi connectivity index (χ2n) is 6.65. The van der Waals surface area contributed by atoms with Crippen LogP contribution in [-0.4, -0.2) is 27.8 Å². The van der Waals surface area contributed by atoms with Crippen LogP contribution < -0.4 is 0 Å². The first-order chi connectivity index (χ1) is 14.0. The van der Waals surface area contributed by atoms with Gasteiger partial charge >= 0.3 is 0 Å². The predicted octanol–water partition coefficient (Wildman–Crippen LogP) is 5.36. The van der Waals surface area contributed by atoms with Crippen molar-refractivity contribution in [1.29, 1.82) is 0 Å². The largest absolute Gasteiger partial charge is 0.337 e. The summed E-state index contributed by atoms with van der Waals surface area (Å²) in [5.74, 6) is -0.689. The summed E-state index contributed by atoms with van der Waals surface area (Å²) in [5, 5.41) is 1.02. The van der Waals surface area contributed by atoms with Gasteiger partial charge in [0, 0.05) is 35.8 Å². The minimum absolute atomic E-state index is 0.0555. The highest BCUT2D eigenvalue weighted by atomic mass is 35.5. The molecule has 0 radical (unpaired) electrons. The van der Waals surface area contributed by atoms with Crippen molar-refractivity contribution in [2.24, 2.45) is 0 Å². The van der Waals surface area contributed by atoms with Crippen molar-refractivity contribution in [1.82, 2.24) is 14.9 Å². The van der Waals surface area contributed by atoms with Gasteiger partial charge in [0.25, 0.3) is 5.91 Å². The van der Waals surface area contributed by atoms with Crippen molar-refractivity contribution in [3.8, 4) is 11.4 Å². The van der Waals surface area contributed by atoms with Gasteiger partial charge in [0.05, 0.1) is 22.5 Å². The average molecular weight is 406 g/mol. The number of nitrogens with zero attached hydrogens (tertiary/aromatic N) is 3. The van der Waals surface area contributed by atoms with Gasteiger partial charge < -0.3 is 4.90 Å². The monoisotopic (exact) mass is 405 g/mol. The van der Waals surface area contributed by atoms with Crippen LogP contribution in [0.15, 0.2) is 72.9 Å². The quantitative estimate of drug-likeness (QED) is 0.459. The van der Waals surface area contributed by atoms with Gasteiger partial charge in [0.15, 0.2) is 0 Å². The van der Waals surface area contributed by atoms with E-state index in [1.54, 1.807) is 31.4 Å². The highest BCUT2D eigenvalue weighted by molar-refractivity contribution is 6.31. The summed E-state index contributed by atoms with van der Waals surface area (Å²) in [4.78, 5) is 23.7. The first-order valence-corrected chi connectivity index (χ1v) is 9.42. The topological polar surface area (TPSA) is 46.1 Å². The molecular formula is C23H17ClFN3O.